The Labute approximate surface area is 153 Å². The van der Waals surface area contributed by atoms with Gasteiger partial charge in [0.15, 0.2) is 0 Å². The largest absolute Gasteiger partial charge is 0.389 e. The minimum Gasteiger partial charge on any atom is -0.389 e. The Bertz CT molecular complexity index is 548. The Kier molecular flexibility index (Phi) is 4.26. The van der Waals surface area contributed by atoms with Crippen LogP contribution in [0.25, 0.3) is 0 Å². The normalized spacial score (nSPS) is 52.1. The number of piperidine rings is 1. The van der Waals surface area contributed by atoms with E-state index in [1.54, 1.807) is 0 Å². The van der Waals surface area contributed by atoms with Crippen molar-refractivity contribution in [3.8, 4) is 0 Å². The van der Waals surface area contributed by atoms with Crippen LogP contribution >= 0.6 is 0 Å². The molecule has 3 saturated carbocycles. The Balaban J connectivity index is 1.59. The van der Waals surface area contributed by atoms with E-state index in [4.69, 9.17) is 0 Å². The highest BCUT2D eigenvalue weighted by atomic mass is 16.3. The summed E-state index contributed by atoms with van der Waals surface area (Å²) in [5.74, 6) is 2.43. The number of aliphatic hydroxyl groups is 1. The fourth-order valence-corrected chi connectivity index (χ4v) is 7.69. The number of unbranched alkanes of at least 4 members (excludes halogenated alkanes) is 1. The van der Waals surface area contributed by atoms with Gasteiger partial charge in [-0.3, -0.25) is 4.79 Å². The van der Waals surface area contributed by atoms with Crippen molar-refractivity contribution in [2.45, 2.75) is 103 Å². The van der Waals surface area contributed by atoms with Gasteiger partial charge in [-0.2, -0.15) is 0 Å². The molecule has 2 N–H and O–H groups in total. The molecular formula is C22H37NO2. The topological polar surface area (TPSA) is 49.3 Å². The molecule has 3 aliphatic carbocycles. The fourth-order valence-electron chi connectivity index (χ4n) is 7.69. The van der Waals surface area contributed by atoms with Crippen LogP contribution in [0.2, 0.25) is 0 Å². The van der Waals surface area contributed by atoms with Crippen molar-refractivity contribution in [2.75, 3.05) is 0 Å². The summed E-state index contributed by atoms with van der Waals surface area (Å²) >= 11 is 0. The fraction of sp³-hybridized carbons (Fsp3) is 0.955. The van der Waals surface area contributed by atoms with Crippen molar-refractivity contribution >= 4 is 5.91 Å². The highest BCUT2D eigenvalue weighted by Crippen LogP contribution is 2.67. The summed E-state index contributed by atoms with van der Waals surface area (Å²) < 4.78 is 0. The SMILES string of the molecule is CCCCC1(O)CC[C@H]2[C@@H]3CCC4NC(=O)CC[C@]4(C)[C@@H]3CC[C@@]21C. The van der Waals surface area contributed by atoms with Crippen LogP contribution in [-0.4, -0.2) is 22.7 Å². The zero-order valence-corrected chi connectivity index (χ0v) is 16.4. The second-order valence-corrected chi connectivity index (χ2v) is 10.2. The molecule has 4 aliphatic rings. The Morgan fingerprint density at radius 1 is 1.08 bits per heavy atom. The zero-order chi connectivity index (χ0) is 17.9. The van der Waals surface area contributed by atoms with Gasteiger partial charge in [-0.05, 0) is 80.0 Å². The van der Waals surface area contributed by atoms with Gasteiger partial charge in [-0.15, -0.1) is 0 Å². The third-order valence-electron chi connectivity index (χ3n) is 9.36. The van der Waals surface area contributed by atoms with Crippen LogP contribution in [-0.2, 0) is 4.79 Å². The Hall–Kier alpha value is -0.570. The number of nitrogens with one attached hydrogen (secondary N) is 1. The maximum absolute atomic E-state index is 11.9. The highest BCUT2D eigenvalue weighted by Gasteiger charge is 2.64. The number of hydrogen-bond acceptors (Lipinski definition) is 2. The molecule has 0 aromatic carbocycles. The molecule has 2 unspecified atom stereocenters. The zero-order valence-electron chi connectivity index (χ0n) is 16.4. The van der Waals surface area contributed by atoms with Gasteiger partial charge < -0.3 is 10.4 Å². The first-order valence-corrected chi connectivity index (χ1v) is 10.9. The van der Waals surface area contributed by atoms with Crippen molar-refractivity contribution in [3.05, 3.63) is 0 Å². The molecule has 0 aromatic heterocycles. The van der Waals surface area contributed by atoms with Crippen LogP contribution in [0.5, 0.6) is 0 Å². The predicted molar refractivity (Wildman–Crippen MR) is 100 cm³/mol. The summed E-state index contributed by atoms with van der Waals surface area (Å²) in [6, 6.07) is 0.389. The predicted octanol–water partition coefficient (Wildman–Crippen LogP) is 4.43. The highest BCUT2D eigenvalue weighted by molar-refractivity contribution is 5.77. The summed E-state index contributed by atoms with van der Waals surface area (Å²) in [4.78, 5) is 11.9. The number of amides is 1. The summed E-state index contributed by atoms with van der Waals surface area (Å²) in [5, 5.41) is 14.9. The smallest absolute Gasteiger partial charge is 0.220 e. The van der Waals surface area contributed by atoms with Crippen molar-refractivity contribution in [1.82, 2.24) is 5.32 Å². The molecule has 4 fully saturated rings. The summed E-state index contributed by atoms with van der Waals surface area (Å²) in [5.41, 5.74) is -0.0378. The first kappa shape index (κ1) is 17.8. The van der Waals surface area contributed by atoms with Crippen LogP contribution in [0, 0.1) is 28.6 Å². The average molecular weight is 348 g/mol. The molecule has 1 saturated heterocycles. The van der Waals surface area contributed by atoms with E-state index in [1.165, 1.54) is 32.1 Å². The van der Waals surface area contributed by atoms with Gasteiger partial charge in [-0.25, -0.2) is 0 Å². The van der Waals surface area contributed by atoms with Gasteiger partial charge in [-0.1, -0.05) is 33.6 Å². The molecule has 0 spiro atoms. The molecule has 142 valence electrons. The van der Waals surface area contributed by atoms with E-state index >= 15 is 0 Å². The molecule has 3 heteroatoms. The number of carbonyl (C=O) groups is 1. The van der Waals surface area contributed by atoms with Crippen LogP contribution in [0.1, 0.15) is 91.4 Å². The molecule has 25 heavy (non-hydrogen) atoms. The summed E-state index contributed by atoms with van der Waals surface area (Å²) in [6.45, 7) is 7.09. The number of rotatable bonds is 3. The van der Waals surface area contributed by atoms with Gasteiger partial charge in [0.25, 0.3) is 0 Å². The van der Waals surface area contributed by atoms with Crippen molar-refractivity contribution < 1.29 is 9.90 Å². The van der Waals surface area contributed by atoms with Crippen molar-refractivity contribution in [3.63, 3.8) is 0 Å². The van der Waals surface area contributed by atoms with E-state index in [0.717, 1.165) is 43.9 Å². The van der Waals surface area contributed by atoms with Crippen LogP contribution < -0.4 is 5.32 Å². The quantitative estimate of drug-likeness (QED) is 0.793. The third-order valence-corrected chi connectivity index (χ3v) is 9.36. The van der Waals surface area contributed by atoms with Gasteiger partial charge in [0.2, 0.25) is 5.91 Å². The average Bonchev–Trinajstić information content (AvgIpc) is 2.85. The van der Waals surface area contributed by atoms with E-state index in [2.05, 4.69) is 26.1 Å². The molecule has 1 heterocycles. The lowest BCUT2D eigenvalue weighted by atomic mass is 9.46. The Morgan fingerprint density at radius 2 is 1.84 bits per heavy atom. The molecular weight excluding hydrogens is 310 g/mol. The van der Waals surface area contributed by atoms with Crippen LogP contribution in [0.4, 0.5) is 0 Å². The molecule has 0 radical (unpaired) electrons. The van der Waals surface area contributed by atoms with Crippen molar-refractivity contribution in [1.29, 1.82) is 0 Å². The van der Waals surface area contributed by atoms with Crippen LogP contribution in [0.15, 0.2) is 0 Å². The van der Waals surface area contributed by atoms with Gasteiger partial charge in [0.05, 0.1) is 5.60 Å². The number of carbonyl (C=O) groups excluding carboxylic acids is 1. The lowest BCUT2D eigenvalue weighted by molar-refractivity contribution is -0.153. The number of fused-ring (bicyclic) bond motifs is 5. The maximum Gasteiger partial charge on any atom is 0.220 e. The van der Waals surface area contributed by atoms with Crippen LogP contribution in [0.3, 0.4) is 0 Å². The lowest BCUT2D eigenvalue weighted by Crippen LogP contribution is -2.62. The van der Waals surface area contributed by atoms with Crippen molar-refractivity contribution in [2.24, 2.45) is 28.6 Å². The van der Waals surface area contributed by atoms with Gasteiger partial charge in [0, 0.05) is 12.5 Å². The monoisotopic (exact) mass is 347 g/mol. The van der Waals surface area contributed by atoms with E-state index in [9.17, 15) is 9.90 Å². The van der Waals surface area contributed by atoms with E-state index in [-0.39, 0.29) is 16.7 Å². The first-order chi connectivity index (χ1) is 11.8. The molecule has 7 atom stereocenters. The Morgan fingerprint density at radius 3 is 2.60 bits per heavy atom. The minimum absolute atomic E-state index is 0.116. The lowest BCUT2D eigenvalue weighted by Gasteiger charge is -2.61. The second-order valence-electron chi connectivity index (χ2n) is 10.2. The molecule has 0 bridgehead atoms. The molecule has 3 nitrogen and oxygen atoms in total. The summed E-state index contributed by atoms with van der Waals surface area (Å²) in [7, 11) is 0. The third kappa shape index (κ3) is 2.44. The molecule has 1 amide bonds. The second kappa shape index (κ2) is 5.97. The number of hydrogen-bond donors (Lipinski definition) is 2. The molecule has 1 aliphatic heterocycles. The van der Waals surface area contributed by atoms with Gasteiger partial charge >= 0.3 is 0 Å². The maximum atomic E-state index is 11.9. The van der Waals surface area contributed by atoms with Gasteiger partial charge in [0.1, 0.15) is 0 Å². The standard InChI is InChI=1S/C22H37NO2/c1-4-5-11-22(25)14-9-17-15-6-7-18-20(2,12-10-19(24)23-18)16(15)8-13-21(17,22)3/h15-18,25H,4-14H2,1-3H3,(H,23,24)/t15-,16-,17+,18?,20-,21+,22?/m1/s1. The van der Waals surface area contributed by atoms with E-state index < -0.39 is 5.60 Å². The molecule has 0 aromatic rings. The summed E-state index contributed by atoms with van der Waals surface area (Å²) in [6.07, 6.45) is 12.1. The first-order valence-electron chi connectivity index (χ1n) is 10.9. The minimum atomic E-state index is -0.433. The molecule has 4 rings (SSSR count). The van der Waals surface area contributed by atoms with E-state index in [1.807, 2.05) is 0 Å². The van der Waals surface area contributed by atoms with E-state index in [0.29, 0.717) is 18.4 Å².